The lowest BCUT2D eigenvalue weighted by atomic mass is 9.93. The highest BCUT2D eigenvalue weighted by Crippen LogP contribution is 2.37. The third-order valence-electron chi connectivity index (χ3n) is 5.32. The number of nitrogens with two attached hydrogens (primary N) is 1. The SMILES string of the molecule is CN1CCN(/C(N)=N/C(=O)c2ccc3c(c2)C(c2c(F)cccc2F)=CCO3)CC1. The van der Waals surface area contributed by atoms with Gasteiger partial charge in [0.05, 0.1) is 5.56 Å². The Morgan fingerprint density at radius 2 is 1.80 bits per heavy atom. The quantitative estimate of drug-likeness (QED) is 0.606. The van der Waals surface area contributed by atoms with E-state index < -0.39 is 17.5 Å². The molecule has 2 aliphatic rings. The summed E-state index contributed by atoms with van der Waals surface area (Å²) in [6.45, 7) is 3.23. The Bertz CT molecular complexity index is 1020. The van der Waals surface area contributed by atoms with E-state index in [0.717, 1.165) is 13.1 Å². The molecule has 2 N–H and O–H groups in total. The molecular formula is C22H22F2N4O2. The Morgan fingerprint density at radius 1 is 1.10 bits per heavy atom. The first-order valence-electron chi connectivity index (χ1n) is 9.68. The molecule has 0 radical (unpaired) electrons. The summed E-state index contributed by atoms with van der Waals surface area (Å²) >= 11 is 0. The van der Waals surface area contributed by atoms with Gasteiger partial charge in [-0.05, 0) is 49.0 Å². The van der Waals surface area contributed by atoms with Crippen molar-refractivity contribution < 1.29 is 18.3 Å². The van der Waals surface area contributed by atoms with Crippen molar-refractivity contribution in [3.8, 4) is 5.75 Å². The molecule has 30 heavy (non-hydrogen) atoms. The molecule has 156 valence electrons. The second-order valence-electron chi connectivity index (χ2n) is 7.30. The fourth-order valence-electron chi connectivity index (χ4n) is 3.59. The van der Waals surface area contributed by atoms with E-state index in [0.29, 0.717) is 30.0 Å². The summed E-state index contributed by atoms with van der Waals surface area (Å²) in [5.74, 6) is -1.26. The third kappa shape index (κ3) is 3.91. The number of benzene rings is 2. The van der Waals surface area contributed by atoms with Crippen LogP contribution in [0.2, 0.25) is 0 Å². The normalized spacial score (nSPS) is 17.2. The number of hydrogen-bond acceptors (Lipinski definition) is 3. The molecular weight excluding hydrogens is 390 g/mol. The van der Waals surface area contributed by atoms with Crippen molar-refractivity contribution in [3.63, 3.8) is 0 Å². The van der Waals surface area contributed by atoms with Gasteiger partial charge in [-0.3, -0.25) is 4.79 Å². The van der Waals surface area contributed by atoms with Crippen LogP contribution in [0.5, 0.6) is 5.75 Å². The second-order valence-corrected chi connectivity index (χ2v) is 7.30. The first-order chi connectivity index (χ1) is 14.4. The van der Waals surface area contributed by atoms with E-state index in [2.05, 4.69) is 9.89 Å². The molecule has 2 aromatic rings. The molecule has 6 nitrogen and oxygen atoms in total. The summed E-state index contributed by atoms with van der Waals surface area (Å²) in [7, 11) is 2.02. The topological polar surface area (TPSA) is 71.2 Å². The van der Waals surface area contributed by atoms with Crippen LogP contribution in [0.15, 0.2) is 47.5 Å². The van der Waals surface area contributed by atoms with Crippen LogP contribution in [0.25, 0.3) is 5.57 Å². The monoisotopic (exact) mass is 412 g/mol. The molecule has 2 aromatic carbocycles. The average Bonchev–Trinajstić information content (AvgIpc) is 2.74. The fraction of sp³-hybridized carbons (Fsp3) is 0.273. The number of piperazine rings is 1. The maximum atomic E-state index is 14.4. The summed E-state index contributed by atoms with van der Waals surface area (Å²) in [5.41, 5.74) is 6.93. The molecule has 0 atom stereocenters. The Kier molecular flexibility index (Phi) is 5.50. The highest BCUT2D eigenvalue weighted by molar-refractivity contribution is 6.03. The largest absolute Gasteiger partial charge is 0.489 e. The lowest BCUT2D eigenvalue weighted by Gasteiger charge is -2.32. The van der Waals surface area contributed by atoms with Gasteiger partial charge in [0.15, 0.2) is 5.96 Å². The molecule has 8 heteroatoms. The first kappa shape index (κ1) is 20.0. The highest BCUT2D eigenvalue weighted by Gasteiger charge is 2.23. The summed E-state index contributed by atoms with van der Waals surface area (Å²) in [6.07, 6.45) is 1.60. The van der Waals surface area contributed by atoms with E-state index in [1.54, 1.807) is 18.2 Å². The number of carbonyl (C=O) groups excluding carboxylic acids is 1. The summed E-state index contributed by atoms with van der Waals surface area (Å²) in [4.78, 5) is 20.8. The summed E-state index contributed by atoms with van der Waals surface area (Å²) in [6, 6.07) is 8.42. The van der Waals surface area contributed by atoms with Crippen LogP contribution in [0.1, 0.15) is 21.5 Å². The van der Waals surface area contributed by atoms with Crippen molar-refractivity contribution >= 4 is 17.4 Å². The van der Waals surface area contributed by atoms with Crippen LogP contribution >= 0.6 is 0 Å². The van der Waals surface area contributed by atoms with E-state index in [1.807, 2.05) is 11.9 Å². The first-order valence-corrected chi connectivity index (χ1v) is 9.68. The third-order valence-corrected chi connectivity index (χ3v) is 5.32. The number of fused-ring (bicyclic) bond motifs is 1. The lowest BCUT2D eigenvalue weighted by molar-refractivity contribution is 0.1000. The molecule has 0 unspecified atom stereocenters. The van der Waals surface area contributed by atoms with Gasteiger partial charge in [-0.1, -0.05) is 6.07 Å². The van der Waals surface area contributed by atoms with Crippen LogP contribution in [-0.2, 0) is 0 Å². The summed E-state index contributed by atoms with van der Waals surface area (Å²) < 4.78 is 34.3. The zero-order valence-electron chi connectivity index (χ0n) is 16.6. The molecule has 4 rings (SSSR count). The molecule has 0 aliphatic carbocycles. The van der Waals surface area contributed by atoms with Gasteiger partial charge in [0.2, 0.25) is 0 Å². The summed E-state index contributed by atoms with van der Waals surface area (Å²) in [5, 5.41) is 0. The van der Waals surface area contributed by atoms with Gasteiger partial charge in [0.1, 0.15) is 24.0 Å². The molecule has 2 aliphatic heterocycles. The average molecular weight is 412 g/mol. The standard InChI is InChI=1S/C22H22F2N4O2/c1-27-8-10-28(11-9-27)22(25)26-21(29)14-5-6-19-16(13-14)15(7-12-30-19)20-17(23)3-2-4-18(20)24/h2-7,13H,8-12H2,1H3,(H2,25,26,29). The van der Waals surface area contributed by atoms with Crippen LogP contribution < -0.4 is 10.5 Å². The van der Waals surface area contributed by atoms with Gasteiger partial charge in [-0.25, -0.2) is 8.78 Å². The van der Waals surface area contributed by atoms with E-state index in [9.17, 15) is 13.6 Å². The van der Waals surface area contributed by atoms with E-state index in [1.165, 1.54) is 24.3 Å². The number of likely N-dealkylation sites (N-methyl/N-ethyl adjacent to an activating group) is 1. The van der Waals surface area contributed by atoms with Crippen LogP contribution in [0.3, 0.4) is 0 Å². The fourth-order valence-corrected chi connectivity index (χ4v) is 3.59. The van der Waals surface area contributed by atoms with Gasteiger partial charge in [-0.15, -0.1) is 0 Å². The van der Waals surface area contributed by atoms with Crippen LogP contribution in [-0.4, -0.2) is 61.5 Å². The van der Waals surface area contributed by atoms with Gasteiger partial charge in [0, 0.05) is 37.3 Å². The minimum Gasteiger partial charge on any atom is -0.489 e. The minimum atomic E-state index is -0.678. The molecule has 0 bridgehead atoms. The van der Waals surface area contributed by atoms with Crippen molar-refractivity contribution in [2.24, 2.45) is 10.7 Å². The van der Waals surface area contributed by atoms with Crippen LogP contribution in [0.4, 0.5) is 8.78 Å². The second kappa shape index (κ2) is 8.23. The smallest absolute Gasteiger partial charge is 0.280 e. The number of carbonyl (C=O) groups is 1. The van der Waals surface area contributed by atoms with Crippen molar-refractivity contribution in [1.29, 1.82) is 0 Å². The molecule has 0 saturated carbocycles. The Morgan fingerprint density at radius 3 is 2.50 bits per heavy atom. The van der Waals surface area contributed by atoms with E-state index in [-0.39, 0.29) is 23.7 Å². The molecule has 1 amide bonds. The van der Waals surface area contributed by atoms with Crippen molar-refractivity contribution in [2.45, 2.75) is 0 Å². The number of amides is 1. The van der Waals surface area contributed by atoms with Crippen molar-refractivity contribution in [1.82, 2.24) is 9.80 Å². The predicted molar refractivity (Wildman–Crippen MR) is 110 cm³/mol. The van der Waals surface area contributed by atoms with Gasteiger partial charge >= 0.3 is 0 Å². The van der Waals surface area contributed by atoms with Gasteiger partial charge in [-0.2, -0.15) is 4.99 Å². The van der Waals surface area contributed by atoms with Gasteiger partial charge < -0.3 is 20.3 Å². The van der Waals surface area contributed by atoms with Crippen molar-refractivity contribution in [3.05, 3.63) is 70.8 Å². The van der Waals surface area contributed by atoms with Crippen LogP contribution in [0, 0.1) is 11.6 Å². The lowest BCUT2D eigenvalue weighted by Crippen LogP contribution is -2.50. The maximum absolute atomic E-state index is 14.4. The minimum absolute atomic E-state index is 0.146. The number of hydrogen-bond donors (Lipinski definition) is 1. The Hall–Kier alpha value is -3.26. The maximum Gasteiger partial charge on any atom is 0.280 e. The Balaban J connectivity index is 1.64. The molecule has 0 spiro atoms. The highest BCUT2D eigenvalue weighted by atomic mass is 19.1. The molecule has 1 fully saturated rings. The Labute approximate surface area is 173 Å². The number of ether oxygens (including phenoxy) is 1. The zero-order valence-corrected chi connectivity index (χ0v) is 16.6. The number of nitrogens with zero attached hydrogens (tertiary/aromatic N) is 3. The molecule has 2 heterocycles. The number of rotatable bonds is 2. The van der Waals surface area contributed by atoms with Gasteiger partial charge in [0.25, 0.3) is 5.91 Å². The molecule has 0 aromatic heterocycles. The number of guanidine groups is 1. The van der Waals surface area contributed by atoms with E-state index >= 15 is 0 Å². The van der Waals surface area contributed by atoms with E-state index in [4.69, 9.17) is 10.5 Å². The van der Waals surface area contributed by atoms with Crippen molar-refractivity contribution in [2.75, 3.05) is 39.8 Å². The predicted octanol–water partition coefficient (Wildman–Crippen LogP) is 2.49. The molecule has 1 saturated heterocycles. The number of aliphatic imine (C=N–C) groups is 1. The number of halogens is 2. The zero-order chi connectivity index (χ0) is 21.3.